The Bertz CT molecular complexity index is 665. The maximum atomic E-state index is 10.2. The van der Waals surface area contributed by atoms with Crippen LogP contribution in [0.1, 0.15) is 12.0 Å². The molecule has 2 aromatic rings. The normalized spacial score (nSPS) is 27.3. The fourth-order valence-corrected chi connectivity index (χ4v) is 3.07. The van der Waals surface area contributed by atoms with Crippen LogP contribution in [0, 0.1) is 6.92 Å². The first-order valence-electron chi connectivity index (χ1n) is 7.30. The third kappa shape index (κ3) is 2.07. The molecule has 8 heteroatoms. The number of aryl methyl sites for hydroxylation is 1. The molecule has 2 atom stereocenters. The Morgan fingerprint density at radius 2 is 1.77 bits per heavy atom. The Morgan fingerprint density at radius 3 is 2.41 bits per heavy atom. The van der Waals surface area contributed by atoms with Gasteiger partial charge >= 0.3 is 0 Å². The Morgan fingerprint density at radius 1 is 1.09 bits per heavy atom. The van der Waals surface area contributed by atoms with Gasteiger partial charge < -0.3 is 14.9 Å². The van der Waals surface area contributed by atoms with Gasteiger partial charge in [-0.05, 0) is 12.5 Å². The van der Waals surface area contributed by atoms with Crippen LogP contribution in [-0.2, 0) is 0 Å². The van der Waals surface area contributed by atoms with Crippen LogP contribution in [0.4, 0.5) is 11.9 Å². The van der Waals surface area contributed by atoms with E-state index in [4.69, 9.17) is 0 Å². The van der Waals surface area contributed by atoms with Crippen molar-refractivity contribution >= 4 is 11.9 Å². The van der Waals surface area contributed by atoms with E-state index in [1.807, 2.05) is 19.3 Å². The summed E-state index contributed by atoms with van der Waals surface area (Å²) >= 11 is 0. The molecule has 2 aliphatic rings. The summed E-state index contributed by atoms with van der Waals surface area (Å²) < 4.78 is 0. The van der Waals surface area contributed by atoms with Crippen LogP contribution >= 0.6 is 0 Å². The molecule has 4 rings (SSSR count). The Kier molecular flexibility index (Phi) is 2.93. The number of nitrogens with zero attached hydrogens (tertiary/aromatic N) is 7. The molecule has 2 fully saturated rings. The van der Waals surface area contributed by atoms with Crippen molar-refractivity contribution in [3.8, 4) is 0 Å². The zero-order valence-electron chi connectivity index (χ0n) is 12.3. The molecule has 2 unspecified atom stereocenters. The molecular weight excluding hydrogens is 282 g/mol. The first kappa shape index (κ1) is 13.3. The van der Waals surface area contributed by atoms with Crippen molar-refractivity contribution in [1.29, 1.82) is 0 Å². The molecule has 22 heavy (non-hydrogen) atoms. The van der Waals surface area contributed by atoms with Crippen LogP contribution in [0.3, 0.4) is 0 Å². The van der Waals surface area contributed by atoms with E-state index in [2.05, 4.69) is 34.7 Å². The van der Waals surface area contributed by atoms with Gasteiger partial charge in [-0.3, -0.25) is 0 Å². The van der Waals surface area contributed by atoms with E-state index < -0.39 is 0 Å². The molecule has 3 heterocycles. The zero-order valence-corrected chi connectivity index (χ0v) is 12.3. The summed E-state index contributed by atoms with van der Waals surface area (Å²) in [4.78, 5) is 25.3. The second-order valence-corrected chi connectivity index (χ2v) is 5.90. The third-order valence-corrected chi connectivity index (χ3v) is 4.37. The van der Waals surface area contributed by atoms with Gasteiger partial charge in [-0.25, -0.2) is 24.9 Å². The van der Waals surface area contributed by atoms with E-state index in [9.17, 15) is 5.11 Å². The molecule has 1 aliphatic carbocycles. The van der Waals surface area contributed by atoms with Crippen LogP contribution in [0.25, 0.3) is 0 Å². The van der Waals surface area contributed by atoms with Crippen molar-refractivity contribution in [1.82, 2.24) is 24.9 Å². The van der Waals surface area contributed by atoms with Gasteiger partial charge in [0.15, 0.2) is 0 Å². The van der Waals surface area contributed by atoms with Gasteiger partial charge in [0.25, 0.3) is 0 Å². The van der Waals surface area contributed by atoms with Crippen LogP contribution < -0.4 is 9.80 Å². The van der Waals surface area contributed by atoms with Gasteiger partial charge in [-0.15, -0.1) is 0 Å². The maximum Gasteiger partial charge on any atom is 0.228 e. The van der Waals surface area contributed by atoms with Crippen molar-refractivity contribution < 1.29 is 5.11 Å². The van der Waals surface area contributed by atoms with Crippen molar-refractivity contribution in [3.05, 3.63) is 30.6 Å². The minimum Gasteiger partial charge on any atom is -0.391 e. The van der Waals surface area contributed by atoms with Crippen LogP contribution in [-0.4, -0.2) is 61.3 Å². The second kappa shape index (κ2) is 4.84. The number of aromatic nitrogens is 5. The Labute approximate surface area is 127 Å². The molecule has 0 bridgehead atoms. The van der Waals surface area contributed by atoms with E-state index in [1.165, 1.54) is 12.7 Å². The molecule has 1 saturated heterocycles. The lowest BCUT2D eigenvalue weighted by Crippen LogP contribution is -2.58. The van der Waals surface area contributed by atoms with Gasteiger partial charge in [0.05, 0.1) is 11.6 Å². The van der Waals surface area contributed by atoms with Gasteiger partial charge in [0, 0.05) is 38.4 Å². The monoisotopic (exact) mass is 299 g/mol. The summed E-state index contributed by atoms with van der Waals surface area (Å²) in [6.45, 7) is 4.12. The largest absolute Gasteiger partial charge is 0.391 e. The molecule has 0 amide bonds. The number of hydrogen-bond donors (Lipinski definition) is 1. The summed E-state index contributed by atoms with van der Waals surface area (Å²) in [6, 6.07) is 0. The number of aliphatic hydroxyl groups is 1. The fraction of sp³-hybridized carbons (Fsp3) is 0.500. The first-order valence-corrected chi connectivity index (χ1v) is 7.30. The number of aliphatic hydroxyl groups excluding tert-OH is 1. The van der Waals surface area contributed by atoms with E-state index in [0.717, 1.165) is 18.7 Å². The molecule has 8 nitrogen and oxygen atoms in total. The number of piperazine rings is 1. The number of anilines is 2. The highest BCUT2D eigenvalue weighted by atomic mass is 16.3. The lowest BCUT2D eigenvalue weighted by Gasteiger charge is -2.42. The van der Waals surface area contributed by atoms with Gasteiger partial charge in [0.1, 0.15) is 12.7 Å². The molecule has 1 spiro atoms. The lowest BCUT2D eigenvalue weighted by molar-refractivity contribution is 0.239. The average molecular weight is 299 g/mol. The maximum absolute atomic E-state index is 10.2. The van der Waals surface area contributed by atoms with Gasteiger partial charge in [-0.1, -0.05) is 0 Å². The molecule has 2 aromatic heterocycles. The zero-order chi connectivity index (χ0) is 15.2. The molecule has 0 radical (unpaired) electrons. The molecule has 114 valence electrons. The van der Waals surface area contributed by atoms with Crippen LogP contribution in [0.5, 0.6) is 0 Å². The second-order valence-electron chi connectivity index (χ2n) is 5.90. The van der Waals surface area contributed by atoms with E-state index in [0.29, 0.717) is 24.9 Å². The van der Waals surface area contributed by atoms with Crippen molar-refractivity contribution in [3.63, 3.8) is 0 Å². The van der Waals surface area contributed by atoms with Crippen LogP contribution in [0.2, 0.25) is 0 Å². The topological polar surface area (TPSA) is 91.2 Å². The SMILES string of the molecule is Cc1cnc(N2CCN(c3ncncn3)C3(CC3O)C2)nc1. The summed E-state index contributed by atoms with van der Waals surface area (Å²) in [5.74, 6) is 1.33. The minimum absolute atomic E-state index is 0.339. The predicted octanol–water partition coefficient (Wildman–Crippen LogP) is -0.200. The summed E-state index contributed by atoms with van der Waals surface area (Å²) in [5.41, 5.74) is 0.696. The minimum atomic E-state index is -0.377. The Balaban J connectivity index is 1.60. The summed E-state index contributed by atoms with van der Waals surface area (Å²) in [7, 11) is 0. The third-order valence-electron chi connectivity index (χ3n) is 4.37. The smallest absolute Gasteiger partial charge is 0.228 e. The summed E-state index contributed by atoms with van der Waals surface area (Å²) in [5, 5.41) is 10.2. The fourth-order valence-electron chi connectivity index (χ4n) is 3.07. The highest BCUT2D eigenvalue weighted by molar-refractivity contribution is 5.48. The molecule has 1 aliphatic heterocycles. The highest BCUT2D eigenvalue weighted by Gasteiger charge is 2.61. The molecule has 1 N–H and O–H groups in total. The van der Waals surface area contributed by atoms with Crippen molar-refractivity contribution in [2.45, 2.75) is 25.0 Å². The molecule has 0 aromatic carbocycles. The van der Waals surface area contributed by atoms with E-state index >= 15 is 0 Å². The van der Waals surface area contributed by atoms with Crippen molar-refractivity contribution in [2.75, 3.05) is 29.4 Å². The van der Waals surface area contributed by atoms with Gasteiger partial charge in [-0.2, -0.15) is 0 Å². The van der Waals surface area contributed by atoms with E-state index in [-0.39, 0.29) is 11.6 Å². The lowest BCUT2D eigenvalue weighted by atomic mass is 10.1. The van der Waals surface area contributed by atoms with E-state index in [1.54, 1.807) is 0 Å². The molecular formula is C14H17N7O. The molecule has 1 saturated carbocycles. The highest BCUT2D eigenvalue weighted by Crippen LogP contribution is 2.46. The standard InChI is InChI=1S/C14H17N7O/c1-10-5-16-12(17-6-10)20-2-3-21(13-18-8-15-9-19-13)14(7-20)4-11(14)22/h5-6,8-9,11,22H,2-4,7H2,1H3. The van der Waals surface area contributed by atoms with Crippen molar-refractivity contribution in [2.24, 2.45) is 0 Å². The quantitative estimate of drug-likeness (QED) is 0.815. The van der Waals surface area contributed by atoms with Gasteiger partial charge in [0.2, 0.25) is 11.9 Å². The number of rotatable bonds is 2. The predicted molar refractivity (Wildman–Crippen MR) is 79.5 cm³/mol. The number of hydrogen-bond acceptors (Lipinski definition) is 8. The average Bonchev–Trinajstić information content (AvgIpc) is 3.18. The Hall–Kier alpha value is -2.35. The van der Waals surface area contributed by atoms with Crippen LogP contribution in [0.15, 0.2) is 25.0 Å². The first-order chi connectivity index (χ1) is 10.7. The summed E-state index contributed by atoms with van der Waals surface area (Å²) in [6.07, 6.45) is 6.94.